The molecule has 2 unspecified atom stereocenters. The summed E-state index contributed by atoms with van der Waals surface area (Å²) in [5.41, 5.74) is 0. The van der Waals surface area contributed by atoms with Crippen LogP contribution in [0.25, 0.3) is 0 Å². The van der Waals surface area contributed by atoms with Gasteiger partial charge < -0.3 is 19.8 Å². The van der Waals surface area contributed by atoms with Crippen molar-refractivity contribution in [2.75, 3.05) is 13.2 Å². The van der Waals surface area contributed by atoms with Gasteiger partial charge in [0.15, 0.2) is 0 Å². The maximum atomic E-state index is 10.7. The second-order valence-electron chi connectivity index (χ2n) is 7.03. The second kappa shape index (κ2) is 25.3. The van der Waals surface area contributed by atoms with Crippen LogP contribution < -0.4 is 10.2 Å². The van der Waals surface area contributed by atoms with E-state index in [2.05, 4.69) is 13.8 Å². The summed E-state index contributed by atoms with van der Waals surface area (Å²) in [4.78, 5) is 42.0. The Bertz CT molecular complexity index is 412. The molecule has 0 aliphatic heterocycles. The van der Waals surface area contributed by atoms with Crippen molar-refractivity contribution >= 4 is 23.5 Å². The van der Waals surface area contributed by atoms with Crippen molar-refractivity contribution in [1.82, 2.24) is 0 Å². The predicted molar refractivity (Wildman–Crippen MR) is 110 cm³/mol. The third-order valence-electron chi connectivity index (χ3n) is 3.97. The summed E-state index contributed by atoms with van der Waals surface area (Å²) in [6.45, 7) is 12.5. The Kier molecular flexibility index (Phi) is 28.4. The van der Waals surface area contributed by atoms with E-state index in [4.69, 9.17) is 5.63 Å². The Balaban J connectivity index is -0.000000382. The van der Waals surface area contributed by atoms with Crippen LogP contribution in [0.1, 0.15) is 92.9 Å². The van der Waals surface area contributed by atoms with Crippen LogP contribution in [0.5, 0.6) is 0 Å². The molecule has 0 bridgehead atoms. The number of carboxylic acids is 2. The zero-order chi connectivity index (χ0) is 24.7. The van der Waals surface area contributed by atoms with Gasteiger partial charge >= 0.3 is 69.6 Å². The van der Waals surface area contributed by atoms with Gasteiger partial charge in [-0.1, -0.05) is 39.5 Å². The van der Waals surface area contributed by atoms with Crippen LogP contribution in [0.4, 0.5) is 0 Å². The molecule has 0 N–H and O–H groups in total. The van der Waals surface area contributed by atoms with Crippen molar-refractivity contribution < 1.29 is 59.1 Å². The van der Waals surface area contributed by atoms with Gasteiger partial charge in [0.2, 0.25) is 0 Å². The van der Waals surface area contributed by atoms with Crippen LogP contribution in [-0.4, -0.2) is 36.7 Å². The van der Waals surface area contributed by atoms with E-state index in [0.29, 0.717) is 12.8 Å². The van der Waals surface area contributed by atoms with Crippen LogP contribution in [0.15, 0.2) is 0 Å². The standard InChI is InChI=1S/2C8H14O3.2C3H7O.Zr/c2*1-3-4-5-7(6(2)9)8(10)11;2*1-2-3-4;/h2*7H,3-5H2,1-2H3,(H,10,11);2*2-3H2,1H3;/q;;2*-1;+4/p-2. The number of hydrogen-bond donors (Lipinski definition) is 0. The molecule has 180 valence electrons. The fraction of sp³-hybridized carbons (Fsp3) is 0.818. The van der Waals surface area contributed by atoms with Crippen molar-refractivity contribution in [1.29, 1.82) is 0 Å². The van der Waals surface area contributed by atoms with Gasteiger partial charge in [-0.05, 0) is 26.7 Å². The number of ketones is 2. The number of Topliss-reactive ketones (excluding diaryl/α,β-unsaturated/α-hetero) is 2. The Morgan fingerprint density at radius 1 is 0.677 bits per heavy atom. The average molecular weight is 524 g/mol. The molecule has 0 radical (unpaired) electrons. The van der Waals surface area contributed by atoms with Gasteiger partial charge in [0.25, 0.3) is 0 Å². The summed E-state index contributed by atoms with van der Waals surface area (Å²) in [6.07, 6.45) is 6.36. The number of aliphatic carboxylic acids is 2. The first-order valence-corrected chi connectivity index (χ1v) is 13.0. The molecule has 0 fully saturated rings. The van der Waals surface area contributed by atoms with Gasteiger partial charge in [0.1, 0.15) is 11.6 Å². The summed E-state index contributed by atoms with van der Waals surface area (Å²) in [6, 6.07) is 0. The summed E-state index contributed by atoms with van der Waals surface area (Å²) >= 11 is -0.851. The summed E-state index contributed by atoms with van der Waals surface area (Å²) in [5.74, 6) is -4.89. The monoisotopic (exact) mass is 522 g/mol. The fourth-order valence-corrected chi connectivity index (χ4v) is 3.74. The molecule has 2 atom stereocenters. The quantitative estimate of drug-likeness (QED) is 0.222. The van der Waals surface area contributed by atoms with Crippen LogP contribution in [0.3, 0.4) is 0 Å². The molecular formula is C22H40O8Zr. The van der Waals surface area contributed by atoms with Gasteiger partial charge in [-0.2, -0.15) is 0 Å². The third-order valence-corrected chi connectivity index (χ3v) is 5.56. The Morgan fingerprint density at radius 2 is 1.00 bits per heavy atom. The third kappa shape index (κ3) is 25.2. The van der Waals surface area contributed by atoms with Crippen molar-refractivity contribution in [2.45, 2.75) is 92.9 Å². The summed E-state index contributed by atoms with van der Waals surface area (Å²) < 4.78 is 10.5. The molecule has 8 nitrogen and oxygen atoms in total. The van der Waals surface area contributed by atoms with E-state index in [1.165, 1.54) is 13.8 Å². The summed E-state index contributed by atoms with van der Waals surface area (Å²) in [7, 11) is 0. The Hall–Kier alpha value is -0.917. The van der Waals surface area contributed by atoms with E-state index in [1.807, 2.05) is 13.8 Å². The molecule has 0 heterocycles. The first kappa shape index (κ1) is 34.7. The van der Waals surface area contributed by atoms with Crippen LogP contribution in [0, 0.1) is 11.8 Å². The van der Waals surface area contributed by atoms with Gasteiger partial charge in [-0.15, -0.1) is 0 Å². The van der Waals surface area contributed by atoms with Crippen molar-refractivity contribution in [3.05, 3.63) is 0 Å². The molecular weight excluding hydrogens is 483 g/mol. The number of unbranched alkanes of at least 4 members (excludes halogenated alkanes) is 2. The summed E-state index contributed by atoms with van der Waals surface area (Å²) in [5, 5.41) is 20.6. The van der Waals surface area contributed by atoms with E-state index >= 15 is 0 Å². The van der Waals surface area contributed by atoms with Gasteiger partial charge in [0, 0.05) is 0 Å². The Labute approximate surface area is 200 Å². The van der Waals surface area contributed by atoms with Crippen LogP contribution in [-0.2, 0) is 48.9 Å². The molecule has 0 aliphatic rings. The first-order valence-electron chi connectivity index (χ1n) is 11.0. The molecule has 31 heavy (non-hydrogen) atoms. The molecule has 0 amide bonds. The SMILES string of the molecule is CCCCC(C(C)=O)C(=O)[O-].CCCCC(C(C)=O)C(=O)[O-].CCC[O][Zr+2][O]CCC. The molecule has 0 aromatic heterocycles. The second-order valence-corrected chi connectivity index (χ2v) is 8.86. The molecule has 0 aromatic rings. The minimum absolute atomic E-state index is 0.307. The number of carboxylic acid groups (broad SMARTS) is 2. The molecule has 0 rings (SSSR count). The number of carbonyl (C=O) groups excluding carboxylic acids is 4. The first-order chi connectivity index (χ1) is 14.6. The van der Waals surface area contributed by atoms with Crippen LogP contribution >= 0.6 is 0 Å². The number of hydrogen-bond acceptors (Lipinski definition) is 8. The molecule has 0 aliphatic carbocycles. The van der Waals surface area contributed by atoms with E-state index < -0.39 is 47.9 Å². The van der Waals surface area contributed by atoms with Crippen molar-refractivity contribution in [2.24, 2.45) is 11.8 Å². The zero-order valence-corrected chi connectivity index (χ0v) is 22.4. The molecule has 0 spiro atoms. The van der Waals surface area contributed by atoms with E-state index in [-0.39, 0.29) is 11.6 Å². The minimum atomic E-state index is -1.24. The van der Waals surface area contributed by atoms with E-state index in [1.54, 1.807) is 0 Å². The normalized spacial score (nSPS) is 11.5. The van der Waals surface area contributed by atoms with E-state index in [0.717, 1.165) is 51.7 Å². The molecule has 0 aromatic carbocycles. The maximum absolute atomic E-state index is 10.7. The van der Waals surface area contributed by atoms with Gasteiger partial charge in [-0.3, -0.25) is 9.59 Å². The van der Waals surface area contributed by atoms with E-state index in [9.17, 15) is 29.4 Å². The van der Waals surface area contributed by atoms with Gasteiger partial charge in [0.05, 0.1) is 23.8 Å². The molecule has 0 saturated carbocycles. The topological polar surface area (TPSA) is 133 Å². The van der Waals surface area contributed by atoms with Crippen LogP contribution in [0.2, 0.25) is 0 Å². The molecule has 0 saturated heterocycles. The van der Waals surface area contributed by atoms with Crippen molar-refractivity contribution in [3.63, 3.8) is 0 Å². The van der Waals surface area contributed by atoms with Crippen molar-refractivity contribution in [3.8, 4) is 0 Å². The fourth-order valence-electron chi connectivity index (χ4n) is 2.12. The number of carbonyl (C=O) groups is 4. The molecule has 9 heteroatoms. The van der Waals surface area contributed by atoms with Gasteiger partial charge in [-0.25, -0.2) is 0 Å². The number of rotatable bonds is 16. The predicted octanol–water partition coefficient (Wildman–Crippen LogP) is 2.02. The Morgan fingerprint density at radius 3 is 1.19 bits per heavy atom. The average Bonchev–Trinajstić information content (AvgIpc) is 2.68. The zero-order valence-electron chi connectivity index (χ0n) is 20.0.